The van der Waals surface area contributed by atoms with Crippen molar-refractivity contribution in [2.24, 2.45) is 0 Å². The third-order valence-corrected chi connectivity index (χ3v) is 6.82. The number of rotatable bonds is 5. The van der Waals surface area contributed by atoms with Crippen LogP contribution in [0.25, 0.3) is 0 Å². The topological polar surface area (TPSA) is 106 Å². The first-order valence-corrected chi connectivity index (χ1v) is 12.2. The highest BCUT2D eigenvalue weighted by molar-refractivity contribution is 6.07. The molecule has 1 unspecified atom stereocenters. The van der Waals surface area contributed by atoms with E-state index in [2.05, 4.69) is 10.6 Å². The van der Waals surface area contributed by atoms with Crippen molar-refractivity contribution in [3.8, 4) is 6.07 Å². The minimum Gasteiger partial charge on any atom is -0.355 e. The number of nitrogens with zero attached hydrogens (tertiary/aromatic N) is 3. The van der Waals surface area contributed by atoms with Crippen molar-refractivity contribution >= 4 is 23.5 Å². The molecule has 11 heteroatoms. The molecule has 0 fully saturated rings. The quantitative estimate of drug-likeness (QED) is 0.492. The SMILES string of the molecule is CNC(=O)c1ccc(CN2CC3=C(C2=O)C(c2ccc(C#N)cc2)NC(=O)N3c2cccc(C(F)(F)F)c2)cc1. The molecule has 8 nitrogen and oxygen atoms in total. The Kier molecular flexibility index (Phi) is 6.77. The lowest BCUT2D eigenvalue weighted by Gasteiger charge is -2.33. The summed E-state index contributed by atoms with van der Waals surface area (Å²) in [7, 11) is 1.52. The zero-order chi connectivity index (χ0) is 28.6. The Morgan fingerprint density at radius 1 is 1.07 bits per heavy atom. The standard InChI is InChI=1S/C29H22F3N5O3/c1-34-26(38)20-11-7-18(8-12-20)15-36-16-23-24(27(36)39)25(19-9-5-17(14-33)6-10-19)35-28(40)37(23)22-4-2-3-21(13-22)29(30,31)32/h2-13,25H,15-16H2,1H3,(H,34,38)(H,35,40). The van der Waals surface area contributed by atoms with E-state index >= 15 is 0 Å². The number of hydrogen-bond acceptors (Lipinski definition) is 4. The fourth-order valence-corrected chi connectivity index (χ4v) is 4.84. The Labute approximate surface area is 227 Å². The minimum absolute atomic E-state index is 0.0253. The molecule has 202 valence electrons. The fourth-order valence-electron chi connectivity index (χ4n) is 4.84. The molecule has 40 heavy (non-hydrogen) atoms. The van der Waals surface area contributed by atoms with Gasteiger partial charge in [-0.05, 0) is 53.6 Å². The van der Waals surface area contributed by atoms with E-state index in [1.807, 2.05) is 6.07 Å². The van der Waals surface area contributed by atoms with E-state index in [1.165, 1.54) is 24.1 Å². The van der Waals surface area contributed by atoms with Gasteiger partial charge >= 0.3 is 12.2 Å². The number of hydrogen-bond donors (Lipinski definition) is 2. The van der Waals surface area contributed by atoms with Crippen LogP contribution in [0.4, 0.5) is 23.7 Å². The Morgan fingerprint density at radius 2 is 1.77 bits per heavy atom. The zero-order valence-corrected chi connectivity index (χ0v) is 21.1. The van der Waals surface area contributed by atoms with Crippen molar-refractivity contribution in [2.75, 3.05) is 18.5 Å². The summed E-state index contributed by atoms with van der Waals surface area (Å²) in [5.41, 5.74) is 1.66. The summed E-state index contributed by atoms with van der Waals surface area (Å²) < 4.78 is 40.4. The lowest BCUT2D eigenvalue weighted by Crippen LogP contribution is -2.47. The Morgan fingerprint density at radius 3 is 2.40 bits per heavy atom. The highest BCUT2D eigenvalue weighted by atomic mass is 19.4. The molecule has 0 aliphatic carbocycles. The molecule has 3 aromatic carbocycles. The second-order valence-electron chi connectivity index (χ2n) is 9.30. The number of amides is 4. The van der Waals surface area contributed by atoms with Crippen LogP contribution >= 0.6 is 0 Å². The Hall–Kier alpha value is -5.11. The van der Waals surface area contributed by atoms with Gasteiger partial charge in [-0.2, -0.15) is 18.4 Å². The Bertz CT molecular complexity index is 1570. The van der Waals surface area contributed by atoms with E-state index in [1.54, 1.807) is 48.5 Å². The third-order valence-electron chi connectivity index (χ3n) is 6.82. The van der Waals surface area contributed by atoms with Gasteiger partial charge in [0.2, 0.25) is 0 Å². The van der Waals surface area contributed by atoms with E-state index < -0.39 is 29.7 Å². The molecular weight excluding hydrogens is 523 g/mol. The number of carbonyl (C=O) groups excluding carboxylic acids is 3. The summed E-state index contributed by atoms with van der Waals surface area (Å²) in [5, 5.41) is 14.5. The number of benzene rings is 3. The second-order valence-corrected chi connectivity index (χ2v) is 9.30. The maximum Gasteiger partial charge on any atom is 0.416 e. The number of nitrogens with one attached hydrogen (secondary N) is 2. The molecule has 2 aliphatic rings. The first kappa shape index (κ1) is 26.5. The average Bonchev–Trinajstić information content (AvgIpc) is 3.27. The first-order chi connectivity index (χ1) is 19.1. The number of urea groups is 1. The van der Waals surface area contributed by atoms with E-state index in [-0.39, 0.29) is 36.0 Å². The average molecular weight is 546 g/mol. The van der Waals surface area contributed by atoms with Crippen LogP contribution in [0.1, 0.15) is 38.7 Å². The van der Waals surface area contributed by atoms with E-state index in [9.17, 15) is 27.6 Å². The normalized spacial score (nSPS) is 16.9. The lowest BCUT2D eigenvalue weighted by molar-refractivity contribution is -0.137. The lowest BCUT2D eigenvalue weighted by atomic mass is 9.94. The summed E-state index contributed by atoms with van der Waals surface area (Å²) in [6.07, 6.45) is -4.62. The zero-order valence-electron chi connectivity index (χ0n) is 21.1. The summed E-state index contributed by atoms with van der Waals surface area (Å²) in [5.74, 6) is -0.649. The van der Waals surface area contributed by atoms with Gasteiger partial charge in [0.25, 0.3) is 11.8 Å². The molecule has 0 bridgehead atoms. The van der Waals surface area contributed by atoms with Gasteiger partial charge in [0.05, 0.1) is 46.7 Å². The molecule has 4 amide bonds. The summed E-state index contributed by atoms with van der Waals surface area (Å²) in [6, 6.07) is 17.9. The summed E-state index contributed by atoms with van der Waals surface area (Å²) in [4.78, 5) is 41.6. The van der Waals surface area contributed by atoms with E-state index in [0.29, 0.717) is 16.7 Å². The highest BCUT2D eigenvalue weighted by Crippen LogP contribution is 2.40. The molecule has 2 N–H and O–H groups in total. The van der Waals surface area contributed by atoms with Crippen LogP contribution in [0.2, 0.25) is 0 Å². The van der Waals surface area contributed by atoms with Crippen molar-refractivity contribution in [1.82, 2.24) is 15.5 Å². The van der Waals surface area contributed by atoms with Gasteiger partial charge in [0, 0.05) is 19.2 Å². The number of alkyl halides is 3. The van der Waals surface area contributed by atoms with Gasteiger partial charge in [-0.3, -0.25) is 14.5 Å². The van der Waals surface area contributed by atoms with E-state index in [4.69, 9.17) is 5.26 Å². The molecule has 5 rings (SSSR count). The molecular formula is C29H22F3N5O3. The van der Waals surface area contributed by atoms with Crippen molar-refractivity contribution < 1.29 is 27.6 Å². The van der Waals surface area contributed by atoms with Gasteiger partial charge in [0.15, 0.2) is 0 Å². The van der Waals surface area contributed by atoms with Crippen LogP contribution < -0.4 is 15.5 Å². The molecule has 0 radical (unpaired) electrons. The smallest absolute Gasteiger partial charge is 0.355 e. The monoisotopic (exact) mass is 545 g/mol. The van der Waals surface area contributed by atoms with Crippen molar-refractivity contribution in [1.29, 1.82) is 5.26 Å². The van der Waals surface area contributed by atoms with E-state index in [0.717, 1.165) is 22.6 Å². The third kappa shape index (κ3) is 4.87. The fraction of sp³-hybridized carbons (Fsp3) is 0.172. The van der Waals surface area contributed by atoms with Crippen LogP contribution in [0.5, 0.6) is 0 Å². The van der Waals surface area contributed by atoms with Crippen LogP contribution in [-0.4, -0.2) is 36.3 Å². The molecule has 0 saturated carbocycles. The highest BCUT2D eigenvalue weighted by Gasteiger charge is 2.45. The maximum atomic E-state index is 13.8. The number of halogens is 3. The largest absolute Gasteiger partial charge is 0.416 e. The van der Waals surface area contributed by atoms with Gasteiger partial charge in [-0.15, -0.1) is 0 Å². The van der Waals surface area contributed by atoms with Gasteiger partial charge < -0.3 is 15.5 Å². The van der Waals surface area contributed by atoms with Gasteiger partial charge in [-0.1, -0.05) is 30.3 Å². The molecule has 0 aromatic heterocycles. The van der Waals surface area contributed by atoms with Crippen molar-refractivity contribution in [3.05, 3.63) is 112 Å². The number of nitriles is 1. The van der Waals surface area contributed by atoms with Gasteiger partial charge in [0.1, 0.15) is 0 Å². The molecule has 3 aromatic rings. The predicted molar refractivity (Wildman–Crippen MR) is 139 cm³/mol. The van der Waals surface area contributed by atoms with Gasteiger partial charge in [-0.25, -0.2) is 4.79 Å². The number of carbonyl (C=O) groups is 3. The van der Waals surface area contributed by atoms with Crippen LogP contribution in [0, 0.1) is 11.3 Å². The number of anilines is 1. The maximum absolute atomic E-state index is 13.8. The summed E-state index contributed by atoms with van der Waals surface area (Å²) in [6.45, 7) is 0.117. The van der Waals surface area contributed by atoms with Crippen LogP contribution in [-0.2, 0) is 17.5 Å². The molecule has 0 saturated heterocycles. The molecule has 2 aliphatic heterocycles. The first-order valence-electron chi connectivity index (χ1n) is 12.2. The second kappa shape index (κ2) is 10.2. The van der Waals surface area contributed by atoms with Crippen molar-refractivity contribution in [2.45, 2.75) is 18.8 Å². The Balaban J connectivity index is 1.54. The van der Waals surface area contributed by atoms with Crippen LogP contribution in [0.3, 0.4) is 0 Å². The molecule has 0 spiro atoms. The summed E-state index contributed by atoms with van der Waals surface area (Å²) >= 11 is 0. The van der Waals surface area contributed by atoms with Crippen molar-refractivity contribution in [3.63, 3.8) is 0 Å². The molecule has 2 heterocycles. The predicted octanol–water partition coefficient (Wildman–Crippen LogP) is 4.50. The minimum atomic E-state index is -4.62. The van der Waals surface area contributed by atoms with Crippen LogP contribution in [0.15, 0.2) is 84.1 Å². The molecule has 1 atom stereocenters.